The first-order valence-corrected chi connectivity index (χ1v) is 10.6. The van der Waals surface area contributed by atoms with Crippen LogP contribution in [0.5, 0.6) is 0 Å². The lowest BCUT2D eigenvalue weighted by Crippen LogP contribution is -2.33. The van der Waals surface area contributed by atoms with Crippen LogP contribution in [0.1, 0.15) is 29.8 Å². The number of sulfonamides is 1. The number of hydrogen-bond acceptors (Lipinski definition) is 4. The lowest BCUT2D eigenvalue weighted by Gasteiger charge is -2.18. The van der Waals surface area contributed by atoms with Crippen molar-refractivity contribution in [3.8, 4) is 0 Å². The van der Waals surface area contributed by atoms with Gasteiger partial charge in [0.2, 0.25) is 15.9 Å². The van der Waals surface area contributed by atoms with E-state index >= 15 is 0 Å². The summed E-state index contributed by atoms with van der Waals surface area (Å²) in [6, 6.07) is 8.18. The largest absolute Gasteiger partial charge is 0.417 e. The molecule has 2 aromatic rings. The van der Waals surface area contributed by atoms with Crippen molar-refractivity contribution in [2.75, 3.05) is 15.4 Å². The molecule has 11 heteroatoms. The van der Waals surface area contributed by atoms with Crippen LogP contribution in [0.25, 0.3) is 0 Å². The highest BCUT2D eigenvalue weighted by Gasteiger charge is 2.50. The maximum absolute atomic E-state index is 13.0. The van der Waals surface area contributed by atoms with Crippen molar-refractivity contribution in [2.24, 2.45) is 5.41 Å². The minimum atomic E-state index is -4.70. The molecular weight excluding hydrogens is 445 g/mol. The smallest absolute Gasteiger partial charge is 0.322 e. The van der Waals surface area contributed by atoms with Gasteiger partial charge in [0.1, 0.15) is 0 Å². The Morgan fingerprint density at radius 2 is 1.83 bits per heavy atom. The summed E-state index contributed by atoms with van der Waals surface area (Å²) in [4.78, 5) is 25.0. The van der Waals surface area contributed by atoms with Gasteiger partial charge in [-0.1, -0.05) is 17.7 Å². The fraction of sp³-hybridized carbons (Fsp3) is 0.263. The standard InChI is InChI=1S/C19H16ClF3N2O4S/c1-18(2)10-30(28,29)25(17(18)27)13-5-3-4-11(8-13)16(26)24-12-6-7-15(20)14(9-12)19(21,22)23/h3-9H,10H2,1-2H3,(H,24,26). The van der Waals surface area contributed by atoms with E-state index in [1.165, 1.54) is 44.2 Å². The Kier molecular flexibility index (Phi) is 5.36. The van der Waals surface area contributed by atoms with Gasteiger partial charge in [0.05, 0.1) is 27.4 Å². The van der Waals surface area contributed by atoms with Gasteiger partial charge in [0.15, 0.2) is 0 Å². The summed E-state index contributed by atoms with van der Waals surface area (Å²) >= 11 is 5.56. The Morgan fingerprint density at radius 1 is 1.17 bits per heavy atom. The molecule has 0 aromatic heterocycles. The minimum Gasteiger partial charge on any atom is -0.322 e. The maximum Gasteiger partial charge on any atom is 0.417 e. The number of nitrogens with zero attached hydrogens (tertiary/aromatic N) is 1. The Bertz CT molecular complexity index is 1150. The van der Waals surface area contributed by atoms with Crippen molar-refractivity contribution in [2.45, 2.75) is 20.0 Å². The number of anilines is 2. The number of alkyl halides is 3. The zero-order chi connectivity index (χ0) is 22.5. The van der Waals surface area contributed by atoms with Gasteiger partial charge in [-0.15, -0.1) is 0 Å². The number of nitrogens with one attached hydrogen (secondary N) is 1. The number of benzene rings is 2. The molecule has 0 unspecified atom stereocenters. The second-order valence-corrected chi connectivity index (χ2v) is 9.63. The van der Waals surface area contributed by atoms with Crippen molar-refractivity contribution in [3.63, 3.8) is 0 Å². The van der Waals surface area contributed by atoms with Crippen LogP contribution in [0, 0.1) is 5.41 Å². The predicted octanol–water partition coefficient (Wildman–Crippen LogP) is 4.31. The molecule has 1 saturated heterocycles. The SMILES string of the molecule is CC1(C)CS(=O)(=O)N(c2cccc(C(=O)Nc3ccc(Cl)c(C(F)(F)F)c3)c2)C1=O. The van der Waals surface area contributed by atoms with Crippen molar-refractivity contribution in [3.05, 3.63) is 58.6 Å². The summed E-state index contributed by atoms with van der Waals surface area (Å²) in [7, 11) is -3.91. The summed E-state index contributed by atoms with van der Waals surface area (Å²) in [5.41, 5.74) is -2.43. The van der Waals surface area contributed by atoms with Crippen molar-refractivity contribution in [1.29, 1.82) is 0 Å². The van der Waals surface area contributed by atoms with Crippen LogP contribution in [0.4, 0.5) is 24.5 Å². The number of carbonyl (C=O) groups is 2. The van der Waals surface area contributed by atoms with Crippen LogP contribution in [0.15, 0.2) is 42.5 Å². The molecule has 1 aliphatic rings. The highest BCUT2D eigenvalue weighted by Crippen LogP contribution is 2.37. The molecule has 1 heterocycles. The van der Waals surface area contributed by atoms with E-state index in [0.717, 1.165) is 6.07 Å². The van der Waals surface area contributed by atoms with Crippen LogP contribution in [0.3, 0.4) is 0 Å². The molecule has 0 aliphatic carbocycles. The van der Waals surface area contributed by atoms with Crippen molar-refractivity contribution in [1.82, 2.24) is 0 Å². The Labute approximate surface area is 175 Å². The third-order valence-electron chi connectivity index (χ3n) is 4.46. The molecule has 0 radical (unpaired) electrons. The summed E-state index contributed by atoms with van der Waals surface area (Å²) in [5.74, 6) is -1.79. The van der Waals surface area contributed by atoms with Crippen LogP contribution in [-0.2, 0) is 21.0 Å². The molecule has 1 N–H and O–H groups in total. The molecule has 0 atom stereocenters. The molecular formula is C19H16ClF3N2O4S. The first kappa shape index (κ1) is 22.1. The highest BCUT2D eigenvalue weighted by molar-refractivity contribution is 7.94. The van der Waals surface area contributed by atoms with E-state index in [9.17, 15) is 31.2 Å². The van der Waals surface area contributed by atoms with Crippen LogP contribution >= 0.6 is 11.6 Å². The zero-order valence-corrected chi connectivity index (χ0v) is 17.3. The maximum atomic E-state index is 13.0. The van der Waals surface area contributed by atoms with Gasteiger partial charge in [-0.25, -0.2) is 12.7 Å². The van der Waals surface area contributed by atoms with E-state index in [0.29, 0.717) is 10.4 Å². The molecule has 0 bridgehead atoms. The van der Waals surface area contributed by atoms with E-state index in [4.69, 9.17) is 11.6 Å². The molecule has 2 aromatic carbocycles. The van der Waals surface area contributed by atoms with Crippen molar-refractivity contribution >= 4 is 44.8 Å². The zero-order valence-electron chi connectivity index (χ0n) is 15.7. The normalized spacial score (nSPS) is 17.8. The predicted molar refractivity (Wildman–Crippen MR) is 106 cm³/mol. The van der Waals surface area contributed by atoms with Gasteiger partial charge in [-0.05, 0) is 50.2 Å². The van der Waals surface area contributed by atoms with E-state index in [1.807, 2.05) is 0 Å². The van der Waals surface area contributed by atoms with E-state index in [1.54, 1.807) is 0 Å². The molecule has 160 valence electrons. The molecule has 6 nitrogen and oxygen atoms in total. The topological polar surface area (TPSA) is 83.6 Å². The van der Waals surface area contributed by atoms with Crippen LogP contribution < -0.4 is 9.62 Å². The quantitative estimate of drug-likeness (QED) is 0.739. The average molecular weight is 461 g/mol. The second kappa shape index (κ2) is 7.28. The Balaban J connectivity index is 1.91. The van der Waals surface area contributed by atoms with E-state index in [-0.39, 0.29) is 22.7 Å². The Hall–Kier alpha value is -2.59. The molecule has 0 spiro atoms. The number of carbonyl (C=O) groups excluding carboxylic acids is 2. The third kappa shape index (κ3) is 4.15. The van der Waals surface area contributed by atoms with Gasteiger partial charge in [0.25, 0.3) is 5.91 Å². The summed E-state index contributed by atoms with van der Waals surface area (Å²) < 4.78 is 64.5. The van der Waals surface area contributed by atoms with Gasteiger partial charge in [0, 0.05) is 11.3 Å². The molecule has 3 rings (SSSR count). The highest BCUT2D eigenvalue weighted by atomic mass is 35.5. The van der Waals surface area contributed by atoms with E-state index < -0.39 is 44.0 Å². The number of rotatable bonds is 3. The van der Waals surface area contributed by atoms with Crippen molar-refractivity contribution < 1.29 is 31.2 Å². The number of halogens is 4. The third-order valence-corrected chi connectivity index (χ3v) is 6.81. The fourth-order valence-electron chi connectivity index (χ4n) is 3.06. The average Bonchev–Trinajstić information content (AvgIpc) is 2.78. The first-order chi connectivity index (χ1) is 13.7. The summed E-state index contributed by atoms with van der Waals surface area (Å²) in [5, 5.41) is 1.80. The minimum absolute atomic E-state index is 0.0229. The van der Waals surface area contributed by atoms with Gasteiger partial charge in [-0.2, -0.15) is 13.2 Å². The summed E-state index contributed by atoms with van der Waals surface area (Å²) in [6.07, 6.45) is -4.70. The van der Waals surface area contributed by atoms with Crippen LogP contribution in [-0.4, -0.2) is 26.0 Å². The molecule has 1 aliphatic heterocycles. The number of hydrogen-bond donors (Lipinski definition) is 1. The van der Waals surface area contributed by atoms with Crippen LogP contribution in [0.2, 0.25) is 5.02 Å². The molecule has 2 amide bonds. The monoisotopic (exact) mass is 460 g/mol. The lowest BCUT2D eigenvalue weighted by molar-refractivity contribution is -0.137. The molecule has 0 saturated carbocycles. The summed E-state index contributed by atoms with van der Waals surface area (Å²) in [6.45, 7) is 3.00. The Morgan fingerprint density at radius 3 is 2.40 bits per heavy atom. The first-order valence-electron chi connectivity index (χ1n) is 8.58. The van der Waals surface area contributed by atoms with E-state index in [2.05, 4.69) is 5.32 Å². The lowest BCUT2D eigenvalue weighted by atomic mass is 9.95. The molecule has 1 fully saturated rings. The van der Waals surface area contributed by atoms with Gasteiger partial charge < -0.3 is 5.32 Å². The molecule has 30 heavy (non-hydrogen) atoms. The van der Waals surface area contributed by atoms with Gasteiger partial charge in [-0.3, -0.25) is 9.59 Å². The van der Waals surface area contributed by atoms with Gasteiger partial charge >= 0.3 is 6.18 Å². The second-order valence-electron chi connectivity index (χ2n) is 7.41. The number of amides is 2. The fourth-order valence-corrected chi connectivity index (χ4v) is 5.38.